The van der Waals surface area contributed by atoms with Crippen molar-refractivity contribution in [3.63, 3.8) is 0 Å². The smallest absolute Gasteiger partial charge is 0.0473 e. The first-order valence-corrected chi connectivity index (χ1v) is 5.54. The van der Waals surface area contributed by atoms with E-state index in [0.717, 1.165) is 23.0 Å². The van der Waals surface area contributed by atoms with Gasteiger partial charge in [0.15, 0.2) is 0 Å². The zero-order valence-electron chi connectivity index (χ0n) is 8.18. The molecule has 0 fully saturated rings. The van der Waals surface area contributed by atoms with Crippen molar-refractivity contribution in [3.05, 3.63) is 34.4 Å². The van der Waals surface area contributed by atoms with Crippen LogP contribution in [0.15, 0.2) is 16.7 Å². The number of aromatic nitrogens is 1. The molecule has 1 heterocycles. The van der Waals surface area contributed by atoms with Crippen LogP contribution in [0.25, 0.3) is 0 Å². The van der Waals surface area contributed by atoms with Gasteiger partial charge in [-0.15, -0.1) is 0 Å². The van der Waals surface area contributed by atoms with Crippen molar-refractivity contribution in [2.45, 2.75) is 33.1 Å². The molecule has 0 aliphatic heterocycles. The summed E-state index contributed by atoms with van der Waals surface area (Å²) in [6.07, 6.45) is 7.41. The molecule has 1 aromatic rings. The van der Waals surface area contributed by atoms with E-state index in [4.69, 9.17) is 0 Å². The number of pyridine rings is 1. The molecular formula is C11H15BrN. The highest BCUT2D eigenvalue weighted by atomic mass is 79.9. The molecule has 71 valence electrons. The Morgan fingerprint density at radius 3 is 2.85 bits per heavy atom. The fraction of sp³-hybridized carbons (Fsp3) is 0.455. The highest BCUT2D eigenvalue weighted by molar-refractivity contribution is 9.10. The lowest BCUT2D eigenvalue weighted by molar-refractivity contribution is 0.888. The van der Waals surface area contributed by atoms with E-state index in [1.165, 1.54) is 12.0 Å². The molecule has 0 amide bonds. The fourth-order valence-electron chi connectivity index (χ4n) is 1.24. The largest absolute Gasteiger partial charge is 0.260 e. The van der Waals surface area contributed by atoms with Gasteiger partial charge < -0.3 is 0 Å². The molecular weight excluding hydrogens is 226 g/mol. The predicted octanol–water partition coefficient (Wildman–Crippen LogP) is 3.76. The van der Waals surface area contributed by atoms with E-state index >= 15 is 0 Å². The van der Waals surface area contributed by atoms with Gasteiger partial charge >= 0.3 is 0 Å². The monoisotopic (exact) mass is 240 g/mol. The number of rotatable bonds is 4. The maximum absolute atomic E-state index is 4.38. The molecule has 1 rings (SSSR count). The Hall–Kier alpha value is -0.370. The van der Waals surface area contributed by atoms with Gasteiger partial charge in [0, 0.05) is 22.8 Å². The third-order valence-electron chi connectivity index (χ3n) is 1.98. The Kier molecular flexibility index (Phi) is 4.43. The molecule has 0 saturated heterocycles. The predicted molar refractivity (Wildman–Crippen MR) is 59.6 cm³/mol. The van der Waals surface area contributed by atoms with E-state index in [2.05, 4.69) is 47.2 Å². The molecule has 0 aliphatic rings. The van der Waals surface area contributed by atoms with Gasteiger partial charge in [0.05, 0.1) is 0 Å². The number of nitrogens with zero attached hydrogens (tertiary/aromatic N) is 1. The summed E-state index contributed by atoms with van der Waals surface area (Å²) in [5.74, 6) is 0. The van der Waals surface area contributed by atoms with E-state index in [1.807, 2.05) is 6.20 Å². The van der Waals surface area contributed by atoms with Gasteiger partial charge in [0.2, 0.25) is 0 Å². The molecule has 13 heavy (non-hydrogen) atoms. The van der Waals surface area contributed by atoms with E-state index in [9.17, 15) is 0 Å². The molecule has 0 aromatic carbocycles. The standard InChI is InChI=1S/C11H15BrN/c1-3-5-6-11-9(4-2)7-10(12)8-13-11/h6-8H,3-5H2,1-2H3. The lowest BCUT2D eigenvalue weighted by Gasteiger charge is -2.05. The first-order valence-electron chi connectivity index (χ1n) is 4.75. The Labute approximate surface area is 88.7 Å². The van der Waals surface area contributed by atoms with Crippen molar-refractivity contribution in [1.29, 1.82) is 0 Å². The van der Waals surface area contributed by atoms with Gasteiger partial charge in [-0.1, -0.05) is 20.3 Å². The maximum atomic E-state index is 4.38. The minimum Gasteiger partial charge on any atom is -0.260 e. The molecule has 1 radical (unpaired) electrons. The molecule has 0 unspecified atom stereocenters. The van der Waals surface area contributed by atoms with Crippen LogP contribution in [0, 0.1) is 6.42 Å². The van der Waals surface area contributed by atoms with Crippen LogP contribution in [0.1, 0.15) is 37.9 Å². The Morgan fingerprint density at radius 1 is 1.46 bits per heavy atom. The van der Waals surface area contributed by atoms with E-state index in [0.29, 0.717) is 0 Å². The second kappa shape index (κ2) is 5.38. The van der Waals surface area contributed by atoms with Gasteiger partial charge in [0.25, 0.3) is 0 Å². The van der Waals surface area contributed by atoms with Crippen molar-refractivity contribution in [3.8, 4) is 0 Å². The molecule has 1 aromatic heterocycles. The van der Waals surface area contributed by atoms with Gasteiger partial charge in [-0.25, -0.2) is 0 Å². The average molecular weight is 241 g/mol. The summed E-state index contributed by atoms with van der Waals surface area (Å²) >= 11 is 3.43. The summed E-state index contributed by atoms with van der Waals surface area (Å²) in [5.41, 5.74) is 2.47. The first kappa shape index (κ1) is 10.7. The van der Waals surface area contributed by atoms with E-state index in [1.54, 1.807) is 0 Å². The maximum Gasteiger partial charge on any atom is 0.0473 e. The number of hydrogen-bond acceptors (Lipinski definition) is 1. The summed E-state index contributed by atoms with van der Waals surface area (Å²) in [6, 6.07) is 2.15. The molecule has 0 saturated carbocycles. The van der Waals surface area contributed by atoms with Gasteiger partial charge in [-0.3, -0.25) is 4.98 Å². The minimum absolute atomic E-state index is 1.04. The van der Waals surface area contributed by atoms with Crippen molar-refractivity contribution >= 4 is 15.9 Å². The Morgan fingerprint density at radius 2 is 2.23 bits per heavy atom. The second-order valence-corrected chi connectivity index (χ2v) is 3.96. The average Bonchev–Trinajstić information content (AvgIpc) is 2.16. The SMILES string of the molecule is CCC[CH]c1ncc(Br)cc1CC. The summed E-state index contributed by atoms with van der Waals surface area (Å²) in [4.78, 5) is 4.38. The number of unbranched alkanes of at least 4 members (excludes halogenated alkanes) is 1. The second-order valence-electron chi connectivity index (χ2n) is 3.04. The first-order chi connectivity index (χ1) is 6.27. The third-order valence-corrected chi connectivity index (χ3v) is 2.41. The van der Waals surface area contributed by atoms with Crippen LogP contribution in [0.4, 0.5) is 0 Å². The normalized spacial score (nSPS) is 10.4. The van der Waals surface area contributed by atoms with Crippen molar-refractivity contribution in [2.24, 2.45) is 0 Å². The van der Waals surface area contributed by atoms with Crippen LogP contribution in [0.3, 0.4) is 0 Å². The Bertz CT molecular complexity index is 271. The van der Waals surface area contributed by atoms with Crippen LogP contribution in [-0.4, -0.2) is 4.98 Å². The Balaban J connectivity index is 2.79. The third kappa shape index (κ3) is 3.11. The lowest BCUT2D eigenvalue weighted by Crippen LogP contribution is -1.94. The van der Waals surface area contributed by atoms with Crippen molar-refractivity contribution < 1.29 is 0 Å². The molecule has 0 spiro atoms. The molecule has 0 aliphatic carbocycles. The van der Waals surface area contributed by atoms with Gasteiger partial charge in [-0.2, -0.15) is 0 Å². The molecule has 0 atom stereocenters. The summed E-state index contributed by atoms with van der Waals surface area (Å²) < 4.78 is 1.07. The quantitative estimate of drug-likeness (QED) is 0.782. The van der Waals surface area contributed by atoms with Crippen LogP contribution in [-0.2, 0) is 6.42 Å². The van der Waals surface area contributed by atoms with Crippen molar-refractivity contribution in [2.75, 3.05) is 0 Å². The van der Waals surface area contributed by atoms with Crippen LogP contribution in [0.5, 0.6) is 0 Å². The molecule has 0 bridgehead atoms. The van der Waals surface area contributed by atoms with E-state index in [-0.39, 0.29) is 0 Å². The zero-order valence-corrected chi connectivity index (χ0v) is 9.76. The molecule has 1 nitrogen and oxygen atoms in total. The summed E-state index contributed by atoms with van der Waals surface area (Å²) in [7, 11) is 0. The van der Waals surface area contributed by atoms with Crippen molar-refractivity contribution in [1.82, 2.24) is 4.98 Å². The van der Waals surface area contributed by atoms with Crippen LogP contribution in [0.2, 0.25) is 0 Å². The van der Waals surface area contributed by atoms with Gasteiger partial charge in [0.1, 0.15) is 0 Å². The molecule has 2 heteroatoms. The molecule has 0 N–H and O–H groups in total. The minimum atomic E-state index is 1.04. The van der Waals surface area contributed by atoms with Crippen LogP contribution < -0.4 is 0 Å². The number of halogens is 1. The lowest BCUT2D eigenvalue weighted by atomic mass is 10.1. The summed E-state index contributed by atoms with van der Waals surface area (Å²) in [6.45, 7) is 4.34. The fourth-order valence-corrected chi connectivity index (χ4v) is 1.62. The highest BCUT2D eigenvalue weighted by Crippen LogP contribution is 2.17. The highest BCUT2D eigenvalue weighted by Gasteiger charge is 2.02. The summed E-state index contributed by atoms with van der Waals surface area (Å²) in [5, 5.41) is 0. The van der Waals surface area contributed by atoms with Crippen LogP contribution >= 0.6 is 15.9 Å². The topological polar surface area (TPSA) is 12.9 Å². The van der Waals surface area contributed by atoms with Gasteiger partial charge in [-0.05, 0) is 40.4 Å². The number of aryl methyl sites for hydroxylation is 1. The van der Waals surface area contributed by atoms with E-state index < -0.39 is 0 Å². The number of hydrogen-bond donors (Lipinski definition) is 0. The zero-order chi connectivity index (χ0) is 9.68.